The van der Waals surface area contributed by atoms with E-state index in [2.05, 4.69) is 136 Å². The number of rotatable bonds is 20. The molecule has 0 atom stereocenters. The third-order valence-electron chi connectivity index (χ3n) is 8.65. The van der Waals surface area contributed by atoms with Crippen molar-refractivity contribution in [2.45, 2.75) is 179 Å². The highest BCUT2D eigenvalue weighted by molar-refractivity contribution is 6.99. The van der Waals surface area contributed by atoms with Crippen LogP contribution in [-0.4, -0.2) is 88.8 Å². The van der Waals surface area contributed by atoms with Gasteiger partial charge in [-0.3, -0.25) is 0 Å². The van der Waals surface area contributed by atoms with Crippen LogP contribution in [0.1, 0.15) is 96.9 Å². The zero-order chi connectivity index (χ0) is 42.7. The van der Waals surface area contributed by atoms with E-state index in [0.29, 0.717) is 42.3 Å². The topological polar surface area (TPSA) is 111 Å². The lowest BCUT2D eigenvalue weighted by Gasteiger charge is -2.59. The molecule has 0 N–H and O–H groups in total. The molecule has 0 aliphatic carbocycles. The Morgan fingerprint density at radius 2 is 0.446 bits per heavy atom. The van der Waals surface area contributed by atoms with Crippen LogP contribution in [0.15, 0.2) is 0 Å². The van der Waals surface area contributed by atoms with Crippen molar-refractivity contribution in [3.8, 4) is 0 Å². The van der Waals surface area contributed by atoms with Crippen molar-refractivity contribution < 1.29 is 49.4 Å². The molecule has 0 aromatic carbocycles. The van der Waals surface area contributed by atoms with E-state index in [9.17, 15) is 0 Å². The van der Waals surface area contributed by atoms with Gasteiger partial charge in [0.2, 0.25) is 0 Å². The summed E-state index contributed by atoms with van der Waals surface area (Å²) < 4.78 is 92.8. The van der Waals surface area contributed by atoms with Gasteiger partial charge in [0, 0.05) is 42.3 Å². The van der Waals surface area contributed by atoms with Crippen molar-refractivity contribution >= 4 is 88.8 Å². The zero-order valence-electron chi connectivity index (χ0n) is 39.1. The predicted molar refractivity (Wildman–Crippen MR) is 247 cm³/mol. The molecule has 332 valence electrons. The van der Waals surface area contributed by atoms with Gasteiger partial charge >= 0.3 is 61.6 Å². The second-order valence-electron chi connectivity index (χ2n) is 20.4. The standard InChI is InChI=1S/C34H84O12Si10/c1-28(2)21-50(35-47(15)16)38-53(24-31(7)8)40-51(22-29(3)4,36-48(17)18)42-55(26-33(11)12)43-52(23-30(5)6,37-49(19)20)41-54(39-50,25-32(9)10)45-56(44-53,46-55)27-34(13)14/h28-34,47-49H,21-27H2,1-20H3. The summed E-state index contributed by atoms with van der Waals surface area (Å²) in [5.74, 6) is 1.07. The van der Waals surface area contributed by atoms with E-state index in [4.69, 9.17) is 49.4 Å². The second-order valence-corrected chi connectivity index (χ2v) is 49.3. The molecule has 3 heterocycles. The summed E-state index contributed by atoms with van der Waals surface area (Å²) in [6.07, 6.45) is 0. The summed E-state index contributed by atoms with van der Waals surface area (Å²) in [5, 5.41) is 0. The smallest absolute Gasteiger partial charge is 0.420 e. The fourth-order valence-electron chi connectivity index (χ4n) is 8.06. The summed E-state index contributed by atoms with van der Waals surface area (Å²) >= 11 is 0. The summed E-state index contributed by atoms with van der Waals surface area (Å²) in [6, 6.07) is 3.71. The van der Waals surface area contributed by atoms with Crippen LogP contribution in [0.3, 0.4) is 0 Å². The monoisotopic (exact) mass is 964 g/mol. The van der Waals surface area contributed by atoms with Crippen LogP contribution < -0.4 is 0 Å². The minimum atomic E-state index is -3.93. The molecule has 22 heteroatoms. The molecule has 3 aliphatic heterocycles. The molecule has 0 aromatic rings. The van der Waals surface area contributed by atoms with Gasteiger partial charge in [-0.15, -0.1) is 0 Å². The molecule has 12 nitrogen and oxygen atoms in total. The van der Waals surface area contributed by atoms with Gasteiger partial charge in [-0.05, 0) is 80.7 Å². The minimum Gasteiger partial charge on any atom is -0.420 e. The second kappa shape index (κ2) is 20.5. The Labute approximate surface area is 356 Å². The van der Waals surface area contributed by atoms with Crippen LogP contribution in [-0.2, 0) is 49.4 Å². The average Bonchev–Trinajstić information content (AvgIpc) is 2.85. The van der Waals surface area contributed by atoms with E-state index in [1.54, 1.807) is 0 Å². The largest absolute Gasteiger partial charge is 0.479 e. The summed E-state index contributed by atoms with van der Waals surface area (Å²) in [7, 11) is -32.5. The average molecular weight is 966 g/mol. The maximum Gasteiger partial charge on any atom is 0.479 e. The first-order valence-corrected chi connectivity index (χ1v) is 43.7. The highest BCUT2D eigenvalue weighted by Crippen LogP contribution is 2.51. The maximum absolute atomic E-state index is 7.91. The van der Waals surface area contributed by atoms with E-state index in [0.717, 1.165) is 0 Å². The normalized spacial score (nSPS) is 35.9. The van der Waals surface area contributed by atoms with Crippen molar-refractivity contribution in [3.05, 3.63) is 0 Å². The van der Waals surface area contributed by atoms with E-state index in [1.807, 2.05) is 0 Å². The lowest BCUT2D eigenvalue weighted by molar-refractivity contribution is 0.00760. The quantitative estimate of drug-likeness (QED) is 0.109. The highest BCUT2D eigenvalue weighted by Gasteiger charge is 2.78. The first-order valence-electron chi connectivity index (χ1n) is 21.9. The van der Waals surface area contributed by atoms with Gasteiger partial charge < -0.3 is 49.4 Å². The molecule has 0 saturated carbocycles. The molecule has 3 rings (SSSR count). The van der Waals surface area contributed by atoms with E-state index < -0.39 is 88.8 Å². The number of fused-ring (bicyclic) bond motifs is 3. The zero-order valence-corrected chi connectivity index (χ0v) is 49.6. The molecule has 0 spiro atoms. The van der Waals surface area contributed by atoms with Gasteiger partial charge in [0.1, 0.15) is 0 Å². The fourth-order valence-corrected chi connectivity index (χ4v) is 59.8. The van der Waals surface area contributed by atoms with Gasteiger partial charge in [0.25, 0.3) is 0 Å². The van der Waals surface area contributed by atoms with Crippen molar-refractivity contribution in [1.29, 1.82) is 0 Å². The van der Waals surface area contributed by atoms with Crippen molar-refractivity contribution in [2.24, 2.45) is 41.4 Å². The molecule has 4 bridgehead atoms. The van der Waals surface area contributed by atoms with Crippen LogP contribution in [0, 0.1) is 41.4 Å². The lowest BCUT2D eigenvalue weighted by Crippen LogP contribution is -2.83. The molecular formula is C34H84O12Si10. The Kier molecular flexibility index (Phi) is 19.0. The van der Waals surface area contributed by atoms with Gasteiger partial charge in [-0.2, -0.15) is 0 Å². The Hall–Kier alpha value is 1.69. The first-order chi connectivity index (χ1) is 25.5. The number of hydrogen-bond donors (Lipinski definition) is 0. The predicted octanol–water partition coefficient (Wildman–Crippen LogP) is 9.34. The minimum absolute atomic E-state index is 0.133. The molecule has 0 unspecified atom stereocenters. The van der Waals surface area contributed by atoms with Crippen molar-refractivity contribution in [3.63, 3.8) is 0 Å². The molecular weight excluding hydrogens is 881 g/mol. The molecule has 0 aromatic heterocycles. The molecule has 3 fully saturated rings. The van der Waals surface area contributed by atoms with Crippen LogP contribution in [0.2, 0.25) is 81.6 Å². The summed E-state index contributed by atoms with van der Waals surface area (Å²) in [5.41, 5.74) is 0. The Balaban J connectivity index is 2.73. The van der Waals surface area contributed by atoms with E-state index in [1.165, 1.54) is 0 Å². The number of hydrogen-bond acceptors (Lipinski definition) is 12. The van der Waals surface area contributed by atoms with Crippen LogP contribution in [0.5, 0.6) is 0 Å². The van der Waals surface area contributed by atoms with Crippen molar-refractivity contribution in [1.82, 2.24) is 0 Å². The summed E-state index contributed by atoms with van der Waals surface area (Å²) in [6.45, 7) is 43.9. The third-order valence-corrected chi connectivity index (χ3v) is 50.2. The third kappa shape index (κ3) is 14.9. The Bertz CT molecular complexity index is 1040. The van der Waals surface area contributed by atoms with Gasteiger partial charge in [-0.25, -0.2) is 0 Å². The fraction of sp³-hybridized carbons (Fsp3) is 1.00. The van der Waals surface area contributed by atoms with Gasteiger partial charge in [0.05, 0.1) is 0 Å². The lowest BCUT2D eigenvalue weighted by atomic mass is 10.3. The molecule has 56 heavy (non-hydrogen) atoms. The molecule has 0 radical (unpaired) electrons. The van der Waals surface area contributed by atoms with Crippen LogP contribution in [0.25, 0.3) is 0 Å². The first kappa shape index (κ1) is 52.0. The van der Waals surface area contributed by atoms with Gasteiger partial charge in [-0.1, -0.05) is 96.9 Å². The van der Waals surface area contributed by atoms with Crippen LogP contribution >= 0.6 is 0 Å². The molecule has 0 amide bonds. The maximum atomic E-state index is 7.91. The highest BCUT2D eigenvalue weighted by atomic mass is 28.6. The Morgan fingerprint density at radius 1 is 0.286 bits per heavy atom. The van der Waals surface area contributed by atoms with Crippen molar-refractivity contribution in [2.75, 3.05) is 0 Å². The molecule has 3 aliphatic rings. The van der Waals surface area contributed by atoms with Gasteiger partial charge in [0.15, 0.2) is 27.1 Å². The molecule has 3 saturated heterocycles. The summed E-state index contributed by atoms with van der Waals surface area (Å²) in [4.78, 5) is 0. The van der Waals surface area contributed by atoms with Crippen LogP contribution in [0.4, 0.5) is 0 Å². The Morgan fingerprint density at radius 3 is 0.589 bits per heavy atom. The van der Waals surface area contributed by atoms with E-state index >= 15 is 0 Å². The van der Waals surface area contributed by atoms with E-state index in [-0.39, 0.29) is 41.4 Å². The SMILES string of the molecule is CC(C)C[Si]1(O[SiH](C)C)O[Si]2(CC(C)C)O[Si](CC(C)C)(O[SiH](C)C)O[Si]3(CC(C)C)O[Si](CC(C)C)(O[SiH](C)C)O[Si](CC(C)C)(O1)O[Si](CC(C)C)(O2)O3.